The zero-order chi connectivity index (χ0) is 11.5. The highest BCUT2D eigenvalue weighted by Crippen LogP contribution is 2.25. The molecule has 1 aliphatic rings. The number of nitrogens with zero attached hydrogens (tertiary/aromatic N) is 2. The van der Waals surface area contributed by atoms with Gasteiger partial charge >= 0.3 is 0 Å². The van der Waals surface area contributed by atoms with E-state index in [0.717, 1.165) is 5.69 Å². The number of aromatic nitrogens is 1. The zero-order valence-corrected chi connectivity index (χ0v) is 10.4. The first-order valence-electron chi connectivity index (χ1n) is 6.12. The molecule has 1 aromatic rings. The summed E-state index contributed by atoms with van der Waals surface area (Å²) in [6.07, 6.45) is 4.61. The molecule has 0 amide bonds. The van der Waals surface area contributed by atoms with Crippen LogP contribution in [0.2, 0.25) is 0 Å². The van der Waals surface area contributed by atoms with Gasteiger partial charge in [-0.2, -0.15) is 0 Å². The van der Waals surface area contributed by atoms with Gasteiger partial charge in [-0.1, -0.05) is 0 Å². The average molecular weight is 219 g/mol. The fourth-order valence-corrected chi connectivity index (χ4v) is 2.29. The summed E-state index contributed by atoms with van der Waals surface area (Å²) >= 11 is 0. The van der Waals surface area contributed by atoms with Gasteiger partial charge in [0.2, 0.25) is 0 Å². The Morgan fingerprint density at radius 3 is 2.81 bits per heavy atom. The van der Waals surface area contributed by atoms with Crippen molar-refractivity contribution < 1.29 is 0 Å². The van der Waals surface area contributed by atoms with Gasteiger partial charge in [0.25, 0.3) is 0 Å². The lowest BCUT2D eigenvalue weighted by molar-refractivity contribution is 0.632. The third-order valence-corrected chi connectivity index (χ3v) is 3.53. The van der Waals surface area contributed by atoms with Crippen LogP contribution in [0.25, 0.3) is 0 Å². The maximum absolute atomic E-state index is 4.52. The lowest BCUT2D eigenvalue weighted by Gasteiger charge is -2.23. The summed E-state index contributed by atoms with van der Waals surface area (Å²) in [6, 6.07) is 5.30. The predicted octanol–water partition coefficient (Wildman–Crippen LogP) is 2.35. The van der Waals surface area contributed by atoms with Crippen LogP contribution in [0.4, 0.5) is 5.69 Å². The van der Waals surface area contributed by atoms with Gasteiger partial charge in [-0.15, -0.1) is 0 Å². The minimum Gasteiger partial charge on any atom is -0.368 e. The Morgan fingerprint density at radius 1 is 1.50 bits per heavy atom. The summed E-state index contributed by atoms with van der Waals surface area (Å²) in [5.74, 6) is 0. The van der Waals surface area contributed by atoms with E-state index in [2.05, 4.69) is 41.2 Å². The molecule has 1 aliphatic heterocycles. The van der Waals surface area contributed by atoms with Crippen LogP contribution in [0.5, 0.6) is 0 Å². The van der Waals surface area contributed by atoms with Gasteiger partial charge in [0.15, 0.2) is 0 Å². The number of hydrogen-bond acceptors (Lipinski definition) is 3. The maximum Gasteiger partial charge on any atom is 0.0571 e. The van der Waals surface area contributed by atoms with Crippen LogP contribution in [0, 0.1) is 0 Å². The number of hydrogen-bond donors (Lipinski definition) is 1. The molecule has 2 heterocycles. The molecular weight excluding hydrogens is 198 g/mol. The van der Waals surface area contributed by atoms with E-state index in [9.17, 15) is 0 Å². The fraction of sp³-hybridized carbons (Fsp3) is 0.615. The van der Waals surface area contributed by atoms with Crippen LogP contribution in [0.15, 0.2) is 18.3 Å². The Hall–Kier alpha value is -1.09. The molecular formula is C13H21N3. The zero-order valence-electron chi connectivity index (χ0n) is 10.4. The Morgan fingerprint density at radius 2 is 2.31 bits per heavy atom. The molecule has 88 valence electrons. The van der Waals surface area contributed by atoms with Gasteiger partial charge in [0.05, 0.1) is 17.6 Å². The van der Waals surface area contributed by atoms with Gasteiger partial charge < -0.3 is 10.2 Å². The molecule has 1 N–H and O–H groups in total. The molecule has 0 aliphatic carbocycles. The first kappa shape index (κ1) is 11.4. The van der Waals surface area contributed by atoms with E-state index in [1.54, 1.807) is 0 Å². The first-order valence-corrected chi connectivity index (χ1v) is 6.12. The molecule has 3 heteroatoms. The second-order valence-electron chi connectivity index (χ2n) is 4.64. The molecule has 1 aromatic heterocycles. The van der Waals surface area contributed by atoms with Crippen LogP contribution in [0.3, 0.4) is 0 Å². The van der Waals surface area contributed by atoms with E-state index in [4.69, 9.17) is 0 Å². The summed E-state index contributed by atoms with van der Waals surface area (Å²) in [6.45, 7) is 5.58. The second kappa shape index (κ2) is 4.83. The van der Waals surface area contributed by atoms with Crippen molar-refractivity contribution >= 4 is 5.69 Å². The van der Waals surface area contributed by atoms with Crippen molar-refractivity contribution in [3.63, 3.8) is 0 Å². The Bertz CT molecular complexity index is 334. The van der Waals surface area contributed by atoms with Gasteiger partial charge in [0, 0.05) is 18.6 Å². The van der Waals surface area contributed by atoms with E-state index in [1.807, 2.05) is 13.2 Å². The van der Waals surface area contributed by atoms with Gasteiger partial charge in [0.1, 0.15) is 0 Å². The molecule has 1 saturated heterocycles. The monoisotopic (exact) mass is 219 g/mol. The molecule has 0 aromatic carbocycles. The van der Waals surface area contributed by atoms with Crippen LogP contribution >= 0.6 is 0 Å². The smallest absolute Gasteiger partial charge is 0.0571 e. The molecule has 2 rings (SSSR count). The lowest BCUT2D eigenvalue weighted by atomic mass is 10.2. The van der Waals surface area contributed by atoms with Crippen LogP contribution < -0.4 is 10.2 Å². The molecule has 1 fully saturated rings. The van der Waals surface area contributed by atoms with E-state index >= 15 is 0 Å². The average Bonchev–Trinajstić information content (AvgIpc) is 2.75. The molecule has 2 atom stereocenters. The maximum atomic E-state index is 4.52. The van der Waals surface area contributed by atoms with Gasteiger partial charge in [-0.05, 0) is 45.9 Å². The number of rotatable bonds is 3. The second-order valence-corrected chi connectivity index (χ2v) is 4.64. The van der Waals surface area contributed by atoms with E-state index in [1.165, 1.54) is 25.1 Å². The topological polar surface area (TPSA) is 28.2 Å². The fourth-order valence-electron chi connectivity index (χ4n) is 2.29. The highest BCUT2D eigenvalue weighted by atomic mass is 15.2. The Balaban J connectivity index is 2.12. The third kappa shape index (κ3) is 2.19. The predicted molar refractivity (Wildman–Crippen MR) is 67.8 cm³/mol. The van der Waals surface area contributed by atoms with Crippen molar-refractivity contribution in [2.75, 3.05) is 18.5 Å². The molecule has 0 radical (unpaired) electrons. The molecule has 2 unspecified atom stereocenters. The van der Waals surface area contributed by atoms with Gasteiger partial charge in [-0.3, -0.25) is 4.98 Å². The molecule has 0 spiro atoms. The lowest BCUT2D eigenvalue weighted by Crippen LogP contribution is -2.26. The summed E-state index contributed by atoms with van der Waals surface area (Å²) in [5, 5.41) is 3.20. The Labute approximate surface area is 97.9 Å². The van der Waals surface area contributed by atoms with Crippen molar-refractivity contribution in [1.29, 1.82) is 0 Å². The molecule has 3 nitrogen and oxygen atoms in total. The standard InChI is InChI=1S/C13H21N3/c1-10-5-4-8-16(10)12-6-7-13(15-9-12)11(2)14-3/h6-7,9-11,14H,4-5,8H2,1-3H3. The molecule has 0 saturated carbocycles. The van der Waals surface area contributed by atoms with Crippen molar-refractivity contribution in [3.8, 4) is 0 Å². The van der Waals surface area contributed by atoms with Gasteiger partial charge in [-0.25, -0.2) is 0 Å². The highest BCUT2D eigenvalue weighted by Gasteiger charge is 2.20. The van der Waals surface area contributed by atoms with E-state index in [-0.39, 0.29) is 0 Å². The third-order valence-electron chi connectivity index (χ3n) is 3.53. The number of anilines is 1. The minimum absolute atomic E-state index is 0.324. The number of nitrogens with one attached hydrogen (secondary N) is 1. The summed E-state index contributed by atoms with van der Waals surface area (Å²) < 4.78 is 0. The normalized spacial score (nSPS) is 22.4. The largest absolute Gasteiger partial charge is 0.368 e. The SMILES string of the molecule is CNC(C)c1ccc(N2CCCC2C)cn1. The summed E-state index contributed by atoms with van der Waals surface area (Å²) in [4.78, 5) is 6.97. The van der Waals surface area contributed by atoms with Crippen LogP contribution in [-0.2, 0) is 0 Å². The quantitative estimate of drug-likeness (QED) is 0.846. The van der Waals surface area contributed by atoms with Crippen LogP contribution in [-0.4, -0.2) is 24.6 Å². The highest BCUT2D eigenvalue weighted by molar-refractivity contribution is 5.46. The Kier molecular flexibility index (Phi) is 3.44. The van der Waals surface area contributed by atoms with E-state index < -0.39 is 0 Å². The van der Waals surface area contributed by atoms with Crippen molar-refractivity contribution in [1.82, 2.24) is 10.3 Å². The van der Waals surface area contributed by atoms with Crippen molar-refractivity contribution in [2.24, 2.45) is 0 Å². The van der Waals surface area contributed by atoms with Crippen molar-refractivity contribution in [2.45, 2.75) is 38.8 Å². The summed E-state index contributed by atoms with van der Waals surface area (Å²) in [5.41, 5.74) is 2.37. The van der Waals surface area contributed by atoms with E-state index in [0.29, 0.717) is 12.1 Å². The molecule has 0 bridgehead atoms. The summed E-state index contributed by atoms with van der Waals surface area (Å²) in [7, 11) is 1.96. The molecule has 16 heavy (non-hydrogen) atoms. The van der Waals surface area contributed by atoms with Crippen LogP contribution in [0.1, 0.15) is 38.4 Å². The first-order chi connectivity index (χ1) is 7.72. The number of pyridine rings is 1. The van der Waals surface area contributed by atoms with Crippen molar-refractivity contribution in [3.05, 3.63) is 24.0 Å². The minimum atomic E-state index is 0.324.